The molecule has 36 heavy (non-hydrogen) atoms. The van der Waals surface area contributed by atoms with Crippen molar-refractivity contribution in [2.45, 2.75) is 19.4 Å². The largest absolute Gasteiger partial charge is 0.468 e. The van der Waals surface area contributed by atoms with E-state index in [0.717, 1.165) is 11.1 Å². The normalized spacial score (nSPS) is 15.2. The molecular weight excluding hydrogens is 474 g/mol. The van der Waals surface area contributed by atoms with Crippen LogP contribution in [0.2, 0.25) is 0 Å². The van der Waals surface area contributed by atoms with Crippen LogP contribution in [0.3, 0.4) is 0 Å². The molecule has 7 nitrogen and oxygen atoms in total. The predicted molar refractivity (Wildman–Crippen MR) is 138 cm³/mol. The van der Waals surface area contributed by atoms with Crippen LogP contribution in [0.5, 0.6) is 0 Å². The Balaban J connectivity index is 1.66. The van der Waals surface area contributed by atoms with E-state index in [9.17, 15) is 14.9 Å². The van der Waals surface area contributed by atoms with Crippen LogP contribution in [-0.2, 0) is 20.9 Å². The number of ether oxygens (including phenoxy) is 1. The number of furan rings is 1. The number of carbonyl (C=O) groups is 2. The van der Waals surface area contributed by atoms with Gasteiger partial charge in [-0.05, 0) is 30.2 Å². The maximum atomic E-state index is 13.2. The number of amides is 1. The number of allylic oxidation sites excluding steroid dienone is 1. The lowest BCUT2D eigenvalue weighted by Gasteiger charge is -2.29. The summed E-state index contributed by atoms with van der Waals surface area (Å²) in [4.78, 5) is 25.8. The van der Waals surface area contributed by atoms with E-state index in [1.165, 1.54) is 18.0 Å². The Morgan fingerprint density at radius 2 is 1.81 bits per heavy atom. The highest BCUT2D eigenvalue weighted by atomic mass is 32.2. The third-order valence-corrected chi connectivity index (χ3v) is 6.53. The molecule has 2 N–H and O–H groups in total. The Morgan fingerprint density at radius 3 is 2.44 bits per heavy atom. The number of hydrogen-bond acceptors (Lipinski definition) is 7. The number of esters is 1. The van der Waals surface area contributed by atoms with Gasteiger partial charge in [-0.15, -0.1) is 0 Å². The summed E-state index contributed by atoms with van der Waals surface area (Å²) in [6.45, 7) is 2.33. The van der Waals surface area contributed by atoms with Crippen LogP contribution in [0, 0.1) is 11.3 Å². The molecule has 0 bridgehead atoms. The molecule has 0 radical (unpaired) electrons. The molecule has 0 spiro atoms. The SMILES string of the molecule is CCOC(=O)C1=C(c2ccccc2)NC(SCC(=O)NCc2ccccc2)=C(C#N)C1c1ccco1. The lowest BCUT2D eigenvalue weighted by molar-refractivity contribution is -0.138. The Hall–Kier alpha value is -4.22. The summed E-state index contributed by atoms with van der Waals surface area (Å²) >= 11 is 1.21. The summed E-state index contributed by atoms with van der Waals surface area (Å²) in [7, 11) is 0. The van der Waals surface area contributed by atoms with Gasteiger partial charge in [-0.1, -0.05) is 72.4 Å². The zero-order valence-corrected chi connectivity index (χ0v) is 20.5. The molecular formula is C28H25N3O4S. The van der Waals surface area contributed by atoms with Crippen molar-refractivity contribution in [1.29, 1.82) is 5.26 Å². The van der Waals surface area contributed by atoms with E-state index in [1.54, 1.807) is 19.1 Å². The number of nitriles is 1. The van der Waals surface area contributed by atoms with Gasteiger partial charge in [0, 0.05) is 6.54 Å². The van der Waals surface area contributed by atoms with Crippen molar-refractivity contribution in [3.05, 3.63) is 112 Å². The van der Waals surface area contributed by atoms with E-state index in [-0.39, 0.29) is 29.4 Å². The van der Waals surface area contributed by atoms with Crippen LogP contribution in [0.1, 0.15) is 29.7 Å². The molecule has 1 aliphatic heterocycles. The van der Waals surface area contributed by atoms with Gasteiger partial charge in [0.25, 0.3) is 0 Å². The predicted octanol–water partition coefficient (Wildman–Crippen LogP) is 4.73. The zero-order valence-electron chi connectivity index (χ0n) is 19.7. The summed E-state index contributed by atoms with van der Waals surface area (Å²) < 4.78 is 11.0. The highest BCUT2D eigenvalue weighted by Crippen LogP contribution is 2.43. The van der Waals surface area contributed by atoms with Crippen LogP contribution in [0.25, 0.3) is 5.70 Å². The second-order valence-corrected chi connectivity index (χ2v) is 8.84. The molecule has 1 amide bonds. The van der Waals surface area contributed by atoms with Crippen LogP contribution in [0.15, 0.2) is 99.7 Å². The lowest BCUT2D eigenvalue weighted by atomic mass is 9.84. The minimum atomic E-state index is -0.782. The van der Waals surface area contributed by atoms with Gasteiger partial charge < -0.3 is 19.8 Å². The maximum absolute atomic E-state index is 13.2. The molecule has 0 fully saturated rings. The zero-order chi connectivity index (χ0) is 25.3. The number of dihydropyridines is 1. The van der Waals surface area contributed by atoms with E-state index < -0.39 is 11.9 Å². The fourth-order valence-electron chi connectivity index (χ4n) is 3.88. The second kappa shape index (κ2) is 12.0. The van der Waals surface area contributed by atoms with E-state index in [0.29, 0.717) is 23.0 Å². The maximum Gasteiger partial charge on any atom is 0.337 e. The van der Waals surface area contributed by atoms with Crippen LogP contribution < -0.4 is 10.6 Å². The second-order valence-electron chi connectivity index (χ2n) is 7.85. The molecule has 1 unspecified atom stereocenters. The summed E-state index contributed by atoms with van der Waals surface area (Å²) in [6, 6.07) is 24.6. The number of nitrogens with zero attached hydrogens (tertiary/aromatic N) is 1. The smallest absolute Gasteiger partial charge is 0.337 e. The number of rotatable bonds is 9. The molecule has 1 aliphatic rings. The Kier molecular flexibility index (Phi) is 8.27. The fourth-order valence-corrected chi connectivity index (χ4v) is 4.75. The van der Waals surface area contributed by atoms with Gasteiger partial charge in [-0.25, -0.2) is 4.79 Å². The lowest BCUT2D eigenvalue weighted by Crippen LogP contribution is -2.30. The topological polar surface area (TPSA) is 104 Å². The van der Waals surface area contributed by atoms with Crippen LogP contribution >= 0.6 is 11.8 Å². The summed E-state index contributed by atoms with van der Waals surface area (Å²) in [6.07, 6.45) is 1.50. The third-order valence-electron chi connectivity index (χ3n) is 5.52. The van der Waals surface area contributed by atoms with E-state index >= 15 is 0 Å². The number of hydrogen-bond donors (Lipinski definition) is 2. The summed E-state index contributed by atoms with van der Waals surface area (Å²) in [5, 5.41) is 16.8. The first-order valence-electron chi connectivity index (χ1n) is 11.5. The molecule has 182 valence electrons. The average molecular weight is 500 g/mol. The van der Waals surface area contributed by atoms with E-state index in [1.807, 2.05) is 60.7 Å². The van der Waals surface area contributed by atoms with Crippen molar-refractivity contribution < 1.29 is 18.7 Å². The molecule has 2 aromatic carbocycles. The Bertz CT molecular complexity index is 1310. The van der Waals surface area contributed by atoms with Gasteiger partial charge in [0.2, 0.25) is 5.91 Å². The molecule has 1 atom stereocenters. The fraction of sp³-hybridized carbons (Fsp3) is 0.179. The van der Waals surface area contributed by atoms with Crippen molar-refractivity contribution in [2.24, 2.45) is 0 Å². The van der Waals surface area contributed by atoms with Gasteiger partial charge in [0.05, 0.1) is 52.5 Å². The molecule has 3 aromatic rings. The molecule has 0 aliphatic carbocycles. The van der Waals surface area contributed by atoms with Gasteiger partial charge in [0.1, 0.15) is 5.76 Å². The molecule has 4 rings (SSSR count). The quantitative estimate of drug-likeness (QED) is 0.410. The standard InChI is InChI=1S/C28H25N3O4S/c1-2-34-28(33)25-24(22-14-9-15-35-22)21(16-29)27(31-26(25)20-12-7-4-8-13-20)36-18-23(32)30-17-19-10-5-3-6-11-19/h3-15,24,31H,2,17-18H2,1H3,(H,30,32). The molecule has 1 aromatic heterocycles. The summed E-state index contributed by atoms with van der Waals surface area (Å²) in [5.41, 5.74) is 2.83. The van der Waals surface area contributed by atoms with Crippen molar-refractivity contribution in [2.75, 3.05) is 12.4 Å². The molecule has 0 saturated heterocycles. The van der Waals surface area contributed by atoms with Crippen molar-refractivity contribution in [3.63, 3.8) is 0 Å². The first-order chi connectivity index (χ1) is 17.6. The van der Waals surface area contributed by atoms with Crippen LogP contribution in [-0.4, -0.2) is 24.2 Å². The van der Waals surface area contributed by atoms with Gasteiger partial charge in [0.15, 0.2) is 0 Å². The molecule has 2 heterocycles. The first-order valence-corrected chi connectivity index (χ1v) is 12.5. The number of carbonyl (C=O) groups excluding carboxylic acids is 2. The highest BCUT2D eigenvalue weighted by molar-refractivity contribution is 8.03. The number of benzene rings is 2. The average Bonchev–Trinajstić information content (AvgIpc) is 3.45. The molecule has 0 saturated carbocycles. The van der Waals surface area contributed by atoms with E-state index in [2.05, 4.69) is 16.7 Å². The van der Waals surface area contributed by atoms with Crippen molar-refractivity contribution >= 4 is 29.3 Å². The van der Waals surface area contributed by atoms with Gasteiger partial charge in [-0.2, -0.15) is 5.26 Å². The Labute approximate surface area is 213 Å². The van der Waals surface area contributed by atoms with Crippen LogP contribution in [0.4, 0.5) is 0 Å². The Morgan fingerprint density at radius 1 is 1.08 bits per heavy atom. The number of nitrogens with one attached hydrogen (secondary N) is 2. The van der Waals surface area contributed by atoms with Crippen molar-refractivity contribution in [1.82, 2.24) is 10.6 Å². The van der Waals surface area contributed by atoms with Gasteiger partial charge >= 0.3 is 5.97 Å². The van der Waals surface area contributed by atoms with E-state index in [4.69, 9.17) is 9.15 Å². The first kappa shape index (κ1) is 24.9. The highest BCUT2D eigenvalue weighted by Gasteiger charge is 2.38. The van der Waals surface area contributed by atoms with Crippen molar-refractivity contribution in [3.8, 4) is 6.07 Å². The number of thioether (sulfide) groups is 1. The summed E-state index contributed by atoms with van der Waals surface area (Å²) in [5.74, 6) is -0.970. The molecule has 8 heteroatoms. The third kappa shape index (κ3) is 5.70. The van der Waals surface area contributed by atoms with Gasteiger partial charge in [-0.3, -0.25) is 4.79 Å². The minimum absolute atomic E-state index is 0.0853. The minimum Gasteiger partial charge on any atom is -0.468 e. The monoisotopic (exact) mass is 499 g/mol.